The largest absolute Gasteiger partial charge is 0.479 e. The Hall–Kier alpha value is -2.79. The minimum absolute atomic E-state index is 0.0306. The number of β-amino-alcohol motifs (C(OH)–C–C–N with tert-alkyl or cyclic N) is 1. The number of urea groups is 1. The minimum Gasteiger partial charge on any atom is -0.479 e. The maximum absolute atomic E-state index is 12.1. The number of hydrogen-bond acceptors (Lipinski definition) is 8. The summed E-state index contributed by atoms with van der Waals surface area (Å²) in [4.78, 5) is 23.7. The molecule has 1 aromatic rings. The number of nitrogens with zero attached hydrogens (tertiary/aromatic N) is 5. The number of carbonyl (C=O) groups is 1. The monoisotopic (exact) mass is 379 g/mol. The number of non-ortho nitro benzene ring substituents is 1. The van der Waals surface area contributed by atoms with Crippen LogP contribution >= 0.6 is 11.8 Å². The maximum atomic E-state index is 12.1. The van der Waals surface area contributed by atoms with E-state index in [1.54, 1.807) is 13.1 Å². The van der Waals surface area contributed by atoms with E-state index in [2.05, 4.69) is 11.7 Å². The topological polar surface area (TPSA) is 112 Å². The maximum Gasteiger partial charge on any atom is 0.342 e. The fourth-order valence-electron chi connectivity index (χ4n) is 2.49. The lowest BCUT2D eigenvalue weighted by Crippen LogP contribution is -2.44. The Morgan fingerprint density at radius 3 is 2.73 bits per heavy atom. The Morgan fingerprint density at radius 2 is 2.19 bits per heavy atom. The summed E-state index contributed by atoms with van der Waals surface area (Å²) in [6.07, 6.45) is -0.00141. The quantitative estimate of drug-likeness (QED) is 0.452. The predicted octanol–water partition coefficient (Wildman–Crippen LogP) is 1.45. The van der Waals surface area contributed by atoms with Gasteiger partial charge in [0.15, 0.2) is 12.3 Å². The number of rotatable bonds is 6. The SMILES string of the molecule is C=CC(Oc1ccc([N+](=O)[O-])cc1)C1=NN(N2C(=O)N(C)CC2O)CS1. The van der Waals surface area contributed by atoms with Crippen LogP contribution in [0.1, 0.15) is 0 Å². The summed E-state index contributed by atoms with van der Waals surface area (Å²) in [5, 5.41) is 28.2. The van der Waals surface area contributed by atoms with Crippen molar-refractivity contribution in [2.45, 2.75) is 12.3 Å². The van der Waals surface area contributed by atoms with Crippen molar-refractivity contribution in [3.8, 4) is 5.75 Å². The molecular weight excluding hydrogens is 362 g/mol. The predicted molar refractivity (Wildman–Crippen MR) is 95.3 cm³/mol. The van der Waals surface area contributed by atoms with Gasteiger partial charge in [-0.15, -0.1) is 5.10 Å². The Bertz CT molecular complexity index is 755. The number of aliphatic hydroxyl groups is 1. The molecule has 0 spiro atoms. The zero-order valence-electron chi connectivity index (χ0n) is 13.9. The fourth-order valence-corrected chi connectivity index (χ4v) is 3.38. The molecule has 0 aromatic heterocycles. The second-order valence-electron chi connectivity index (χ2n) is 5.60. The molecule has 2 aliphatic rings. The average molecular weight is 379 g/mol. The number of hydrogen-bond donors (Lipinski definition) is 1. The summed E-state index contributed by atoms with van der Waals surface area (Å²) in [6.45, 7) is 3.93. The number of nitro benzene ring substituents is 1. The van der Waals surface area contributed by atoms with E-state index in [-0.39, 0.29) is 18.3 Å². The lowest BCUT2D eigenvalue weighted by atomic mass is 10.3. The molecule has 2 amide bonds. The smallest absolute Gasteiger partial charge is 0.342 e. The van der Waals surface area contributed by atoms with Crippen LogP contribution in [-0.4, -0.2) is 67.9 Å². The zero-order chi connectivity index (χ0) is 18.8. The van der Waals surface area contributed by atoms with Crippen LogP contribution in [-0.2, 0) is 0 Å². The van der Waals surface area contributed by atoms with Crippen LogP contribution in [0.25, 0.3) is 0 Å². The number of aliphatic hydroxyl groups excluding tert-OH is 1. The molecule has 138 valence electrons. The van der Waals surface area contributed by atoms with E-state index in [1.165, 1.54) is 51.1 Å². The number of hydrazone groups is 1. The first-order chi connectivity index (χ1) is 12.4. The highest BCUT2D eigenvalue weighted by molar-refractivity contribution is 8.14. The van der Waals surface area contributed by atoms with Crippen LogP contribution in [0.3, 0.4) is 0 Å². The number of ether oxygens (including phenoxy) is 1. The van der Waals surface area contributed by atoms with Gasteiger partial charge in [-0.1, -0.05) is 18.3 Å². The van der Waals surface area contributed by atoms with Gasteiger partial charge in [0, 0.05) is 19.2 Å². The number of amides is 2. The first-order valence-electron chi connectivity index (χ1n) is 7.65. The van der Waals surface area contributed by atoms with Gasteiger partial charge in [0.05, 0.1) is 11.5 Å². The highest BCUT2D eigenvalue weighted by atomic mass is 32.2. The third kappa shape index (κ3) is 3.44. The summed E-state index contributed by atoms with van der Waals surface area (Å²) in [6, 6.07) is 5.35. The van der Waals surface area contributed by atoms with Gasteiger partial charge in [-0.3, -0.25) is 10.1 Å². The number of likely N-dealkylation sites (N-methyl/N-ethyl adjacent to an activating group) is 1. The highest BCUT2D eigenvalue weighted by Crippen LogP contribution is 2.28. The van der Waals surface area contributed by atoms with E-state index >= 15 is 0 Å². The van der Waals surface area contributed by atoms with Crippen LogP contribution in [0.2, 0.25) is 0 Å². The van der Waals surface area contributed by atoms with E-state index < -0.39 is 17.3 Å². The van der Waals surface area contributed by atoms with E-state index in [9.17, 15) is 20.0 Å². The van der Waals surface area contributed by atoms with Crippen molar-refractivity contribution in [1.82, 2.24) is 15.0 Å². The van der Waals surface area contributed by atoms with E-state index in [0.717, 1.165) is 0 Å². The van der Waals surface area contributed by atoms with Crippen LogP contribution in [0.5, 0.6) is 5.75 Å². The van der Waals surface area contributed by atoms with Gasteiger partial charge >= 0.3 is 6.03 Å². The van der Waals surface area contributed by atoms with Gasteiger partial charge in [0.2, 0.25) is 0 Å². The second-order valence-corrected chi connectivity index (χ2v) is 6.56. The number of benzene rings is 1. The molecule has 1 N–H and O–H groups in total. The third-order valence-electron chi connectivity index (χ3n) is 3.80. The van der Waals surface area contributed by atoms with Gasteiger partial charge in [-0.25, -0.2) is 4.79 Å². The molecule has 0 aliphatic carbocycles. The van der Waals surface area contributed by atoms with E-state index in [1.807, 2.05) is 0 Å². The minimum atomic E-state index is -0.964. The van der Waals surface area contributed by atoms with Crippen molar-refractivity contribution < 1.29 is 19.6 Å². The number of nitro groups is 1. The molecule has 2 unspecified atom stereocenters. The molecule has 26 heavy (non-hydrogen) atoms. The van der Waals surface area contributed by atoms with Gasteiger partial charge in [0.25, 0.3) is 5.69 Å². The van der Waals surface area contributed by atoms with Crippen LogP contribution < -0.4 is 4.74 Å². The molecule has 2 aliphatic heterocycles. The third-order valence-corrected chi connectivity index (χ3v) is 4.77. The molecule has 1 aromatic carbocycles. The fraction of sp³-hybridized carbons (Fsp3) is 0.333. The summed E-state index contributed by atoms with van der Waals surface area (Å²) in [7, 11) is 1.60. The molecule has 0 bridgehead atoms. The number of thioether (sulfide) groups is 1. The Labute approximate surface area is 153 Å². The molecular formula is C15H17N5O5S. The summed E-state index contributed by atoms with van der Waals surface area (Å²) < 4.78 is 5.77. The van der Waals surface area contributed by atoms with Crippen molar-refractivity contribution >= 4 is 28.5 Å². The first-order valence-corrected chi connectivity index (χ1v) is 8.64. The van der Waals surface area contributed by atoms with Gasteiger partial charge in [0.1, 0.15) is 16.7 Å². The van der Waals surface area contributed by atoms with E-state index in [4.69, 9.17) is 4.74 Å². The molecule has 1 saturated heterocycles. The van der Waals surface area contributed by atoms with Gasteiger partial charge in [-0.05, 0) is 18.2 Å². The highest BCUT2D eigenvalue weighted by Gasteiger charge is 2.40. The van der Waals surface area contributed by atoms with Crippen LogP contribution in [0.15, 0.2) is 42.0 Å². The van der Waals surface area contributed by atoms with Crippen molar-refractivity contribution in [3.05, 3.63) is 47.0 Å². The lowest BCUT2D eigenvalue weighted by molar-refractivity contribution is -0.384. The van der Waals surface area contributed by atoms with E-state index in [0.29, 0.717) is 16.7 Å². The molecule has 2 atom stereocenters. The number of hydrazine groups is 1. The second kappa shape index (κ2) is 7.22. The molecule has 0 radical (unpaired) electrons. The number of carbonyl (C=O) groups excluding carboxylic acids is 1. The van der Waals surface area contributed by atoms with Crippen molar-refractivity contribution in [2.75, 3.05) is 19.5 Å². The molecule has 3 rings (SSSR count). The molecule has 11 heteroatoms. The summed E-state index contributed by atoms with van der Waals surface area (Å²) in [5.41, 5.74) is -0.0306. The van der Waals surface area contributed by atoms with Crippen LogP contribution in [0, 0.1) is 10.1 Å². The Kier molecular flexibility index (Phi) is 5.00. The van der Waals surface area contributed by atoms with Crippen molar-refractivity contribution in [1.29, 1.82) is 0 Å². The Morgan fingerprint density at radius 1 is 1.50 bits per heavy atom. The lowest BCUT2D eigenvalue weighted by Gasteiger charge is -2.26. The standard InChI is InChI=1S/C15H17N5O5S/c1-3-12(25-11-6-4-10(5-7-11)20(23)24)14-16-18(9-26-14)19-13(21)8-17(2)15(19)22/h3-7,12-13,21H,1,8-9H2,2H3. The average Bonchev–Trinajstić information content (AvgIpc) is 3.18. The van der Waals surface area contributed by atoms with Gasteiger partial charge in [-0.2, -0.15) is 10.1 Å². The summed E-state index contributed by atoms with van der Waals surface area (Å²) >= 11 is 1.35. The molecule has 1 fully saturated rings. The summed E-state index contributed by atoms with van der Waals surface area (Å²) in [5.74, 6) is 0.777. The van der Waals surface area contributed by atoms with Crippen LogP contribution in [0.4, 0.5) is 10.5 Å². The Balaban J connectivity index is 1.71. The molecule has 2 heterocycles. The normalized spacial score (nSPS) is 21.0. The van der Waals surface area contributed by atoms with Gasteiger partial charge < -0.3 is 14.7 Å². The molecule has 10 nitrogen and oxygen atoms in total. The van der Waals surface area contributed by atoms with Crippen molar-refractivity contribution in [3.63, 3.8) is 0 Å². The molecule has 0 saturated carbocycles. The van der Waals surface area contributed by atoms with Crippen molar-refractivity contribution in [2.24, 2.45) is 5.10 Å². The first kappa shape index (κ1) is 18.0. The zero-order valence-corrected chi connectivity index (χ0v) is 14.7.